The molecule has 10 heteroatoms. The van der Waals surface area contributed by atoms with E-state index < -0.39 is 42.3 Å². The highest BCUT2D eigenvalue weighted by molar-refractivity contribution is 6.48. The number of likely N-dealkylation sites (tertiary alicyclic amines) is 1. The largest absolute Gasteiger partial charge is 0.481 e. The van der Waals surface area contributed by atoms with Crippen LogP contribution in [0.2, 0.25) is 0 Å². The maximum Gasteiger partial charge on any atom is 0.481 e. The van der Waals surface area contributed by atoms with Gasteiger partial charge in [-0.05, 0) is 65.4 Å². The molecule has 2 heterocycles. The van der Waals surface area contributed by atoms with E-state index in [0.717, 1.165) is 25.7 Å². The van der Waals surface area contributed by atoms with Crippen LogP contribution in [-0.4, -0.2) is 71.3 Å². The monoisotopic (exact) mass is 487 g/mol. The van der Waals surface area contributed by atoms with Crippen LogP contribution in [0.4, 0.5) is 4.79 Å². The van der Waals surface area contributed by atoms with Gasteiger partial charge in [0.25, 0.3) is 0 Å². The summed E-state index contributed by atoms with van der Waals surface area (Å²) >= 11 is 0. The number of nitrogens with zero attached hydrogens (tertiary/aromatic N) is 1. The molecule has 2 atom stereocenters. The fourth-order valence-electron chi connectivity index (χ4n) is 4.41. The van der Waals surface area contributed by atoms with Crippen molar-refractivity contribution in [2.45, 2.75) is 89.4 Å². The van der Waals surface area contributed by atoms with Crippen LogP contribution in [-0.2, 0) is 25.3 Å². The average molecular weight is 487 g/mol. The molecule has 1 aromatic rings. The molecule has 0 aromatic heterocycles. The third-order valence-corrected chi connectivity index (χ3v) is 7.20. The molecule has 192 valence electrons. The van der Waals surface area contributed by atoms with Crippen LogP contribution in [0.1, 0.15) is 65.4 Å². The molecule has 1 aromatic carbocycles. The van der Waals surface area contributed by atoms with Crippen LogP contribution >= 0.6 is 0 Å². The van der Waals surface area contributed by atoms with E-state index >= 15 is 0 Å². The Morgan fingerprint density at radius 1 is 1.03 bits per heavy atom. The minimum Gasteiger partial charge on any atom is -0.465 e. The van der Waals surface area contributed by atoms with Crippen LogP contribution in [0.5, 0.6) is 0 Å². The molecular weight excluding hydrogens is 449 g/mol. The molecule has 0 bridgehead atoms. The van der Waals surface area contributed by atoms with Crippen molar-refractivity contribution >= 4 is 25.0 Å². The van der Waals surface area contributed by atoms with Crippen molar-refractivity contribution in [2.24, 2.45) is 0 Å². The van der Waals surface area contributed by atoms with E-state index in [1.165, 1.54) is 5.56 Å². The van der Waals surface area contributed by atoms with Crippen LogP contribution in [0, 0.1) is 0 Å². The number of carboxylic acid groups (broad SMARTS) is 1. The van der Waals surface area contributed by atoms with E-state index in [9.17, 15) is 19.5 Å². The lowest BCUT2D eigenvalue weighted by atomic mass is 9.75. The molecule has 0 unspecified atom stereocenters. The third kappa shape index (κ3) is 7.21. The normalized spacial score (nSPS) is 20.3. The predicted molar refractivity (Wildman–Crippen MR) is 133 cm³/mol. The number of aryl methyl sites for hydroxylation is 1. The second-order valence-corrected chi connectivity index (χ2v) is 10.4. The predicted octanol–water partition coefficient (Wildman–Crippen LogP) is 2.77. The number of hydrogen-bond acceptors (Lipinski definition) is 5. The Balaban J connectivity index is 1.70. The van der Waals surface area contributed by atoms with Crippen LogP contribution in [0.3, 0.4) is 0 Å². The lowest BCUT2D eigenvalue weighted by molar-refractivity contribution is -0.134. The standard InChI is InChI=1S/C25H38BN3O6/c1-24(2)25(3,4)35-26(34-24)20(14-10-13-18-11-6-5-7-12-18)28-22(31)19(27-23(32)33)17-21(30)29-15-8-9-16-29/h5-7,11-12,19-20,27H,8-10,13-17H2,1-4H3,(H,28,31)(H,32,33)/t19-,20+/m1/s1. The van der Waals surface area contributed by atoms with E-state index in [2.05, 4.69) is 22.8 Å². The third-order valence-electron chi connectivity index (χ3n) is 7.20. The summed E-state index contributed by atoms with van der Waals surface area (Å²) < 4.78 is 12.4. The summed E-state index contributed by atoms with van der Waals surface area (Å²) in [6.07, 6.45) is 2.41. The van der Waals surface area contributed by atoms with Gasteiger partial charge in [-0.15, -0.1) is 0 Å². The van der Waals surface area contributed by atoms with E-state index in [-0.39, 0.29) is 12.3 Å². The highest BCUT2D eigenvalue weighted by Crippen LogP contribution is 2.38. The molecule has 3 N–H and O–H groups in total. The first-order valence-corrected chi connectivity index (χ1v) is 12.5. The van der Waals surface area contributed by atoms with Gasteiger partial charge in [0, 0.05) is 13.1 Å². The van der Waals surface area contributed by atoms with Crippen LogP contribution in [0.25, 0.3) is 0 Å². The minimum atomic E-state index is -1.35. The highest BCUT2D eigenvalue weighted by Gasteiger charge is 2.54. The van der Waals surface area contributed by atoms with Crippen molar-refractivity contribution in [1.29, 1.82) is 0 Å². The zero-order valence-electron chi connectivity index (χ0n) is 21.2. The van der Waals surface area contributed by atoms with E-state index in [1.54, 1.807) is 4.90 Å². The number of nitrogens with one attached hydrogen (secondary N) is 2. The molecule has 0 radical (unpaired) electrons. The quantitative estimate of drug-likeness (QED) is 0.437. The van der Waals surface area contributed by atoms with E-state index in [0.29, 0.717) is 19.5 Å². The average Bonchev–Trinajstić information content (AvgIpc) is 3.39. The second-order valence-electron chi connectivity index (χ2n) is 10.4. The first-order chi connectivity index (χ1) is 16.5. The molecular formula is C25H38BN3O6. The Labute approximate surface area is 208 Å². The Bertz CT molecular complexity index is 872. The van der Waals surface area contributed by atoms with Gasteiger partial charge in [-0.3, -0.25) is 9.59 Å². The lowest BCUT2D eigenvalue weighted by Crippen LogP contribution is -2.55. The molecule has 0 saturated carbocycles. The number of carbonyl (C=O) groups is 3. The highest BCUT2D eigenvalue weighted by atomic mass is 16.7. The summed E-state index contributed by atoms with van der Waals surface area (Å²) in [5.74, 6) is -1.29. The number of hydrogen-bond donors (Lipinski definition) is 3. The van der Waals surface area contributed by atoms with Crippen molar-refractivity contribution in [1.82, 2.24) is 15.5 Å². The number of rotatable bonds is 10. The molecule has 9 nitrogen and oxygen atoms in total. The molecule has 2 aliphatic heterocycles. The maximum absolute atomic E-state index is 13.2. The lowest BCUT2D eigenvalue weighted by Gasteiger charge is -2.32. The van der Waals surface area contributed by atoms with Gasteiger partial charge in [0.2, 0.25) is 11.8 Å². The zero-order valence-corrected chi connectivity index (χ0v) is 21.2. The first-order valence-electron chi connectivity index (χ1n) is 12.5. The minimum absolute atomic E-state index is 0.224. The SMILES string of the molecule is CC1(C)OB([C@H](CCCc2ccccc2)NC(=O)[C@@H](CC(=O)N2CCCC2)NC(=O)O)OC1(C)C. The van der Waals surface area contributed by atoms with Gasteiger partial charge in [0.1, 0.15) is 6.04 Å². The summed E-state index contributed by atoms with van der Waals surface area (Å²) in [5.41, 5.74) is 0.0304. The smallest absolute Gasteiger partial charge is 0.465 e. The second kappa shape index (κ2) is 11.4. The summed E-state index contributed by atoms with van der Waals surface area (Å²) in [4.78, 5) is 38.9. The van der Waals surface area contributed by atoms with Gasteiger partial charge in [-0.25, -0.2) is 4.79 Å². The first kappa shape index (κ1) is 27.0. The van der Waals surface area contributed by atoms with Gasteiger partial charge in [-0.1, -0.05) is 30.3 Å². The fourth-order valence-corrected chi connectivity index (χ4v) is 4.41. The molecule has 35 heavy (non-hydrogen) atoms. The van der Waals surface area contributed by atoms with Crippen molar-refractivity contribution < 1.29 is 28.8 Å². The molecule has 3 amide bonds. The fraction of sp³-hybridized carbons (Fsp3) is 0.640. The van der Waals surface area contributed by atoms with E-state index in [4.69, 9.17) is 9.31 Å². The zero-order chi connectivity index (χ0) is 25.6. The Morgan fingerprint density at radius 2 is 1.63 bits per heavy atom. The summed E-state index contributed by atoms with van der Waals surface area (Å²) in [6, 6.07) is 8.86. The Morgan fingerprint density at radius 3 is 2.20 bits per heavy atom. The van der Waals surface area contributed by atoms with Crippen molar-refractivity contribution in [3.63, 3.8) is 0 Å². The molecule has 2 saturated heterocycles. The molecule has 0 aliphatic carbocycles. The molecule has 0 spiro atoms. The summed E-state index contributed by atoms with van der Waals surface area (Å²) in [6.45, 7) is 9.05. The Kier molecular flexibility index (Phi) is 8.82. The number of benzene rings is 1. The number of carbonyl (C=O) groups excluding carboxylic acids is 2. The molecule has 2 fully saturated rings. The number of amides is 3. The van der Waals surface area contributed by atoms with Gasteiger partial charge in [-0.2, -0.15) is 0 Å². The maximum atomic E-state index is 13.2. The van der Waals surface area contributed by atoms with Crippen LogP contribution in [0.15, 0.2) is 30.3 Å². The van der Waals surface area contributed by atoms with E-state index in [1.807, 2.05) is 45.9 Å². The molecule has 3 rings (SSSR count). The van der Waals surface area contributed by atoms with Crippen molar-refractivity contribution in [3.8, 4) is 0 Å². The van der Waals surface area contributed by atoms with Gasteiger partial charge in [0.05, 0.1) is 23.6 Å². The molecule has 2 aliphatic rings. The van der Waals surface area contributed by atoms with Crippen molar-refractivity contribution in [2.75, 3.05) is 13.1 Å². The van der Waals surface area contributed by atoms with Crippen molar-refractivity contribution in [3.05, 3.63) is 35.9 Å². The van der Waals surface area contributed by atoms with Gasteiger partial charge >= 0.3 is 13.2 Å². The topological polar surface area (TPSA) is 117 Å². The Hall–Kier alpha value is -2.59. The summed E-state index contributed by atoms with van der Waals surface area (Å²) in [7, 11) is -0.695. The van der Waals surface area contributed by atoms with Gasteiger partial charge < -0.3 is 29.9 Å². The summed E-state index contributed by atoms with van der Waals surface area (Å²) in [5, 5.41) is 14.5. The van der Waals surface area contributed by atoms with Gasteiger partial charge in [0.15, 0.2) is 0 Å². The van der Waals surface area contributed by atoms with Crippen LogP contribution < -0.4 is 10.6 Å².